The van der Waals surface area contributed by atoms with E-state index in [1.807, 2.05) is 27.7 Å². The lowest BCUT2D eigenvalue weighted by molar-refractivity contribution is -0.132. The molecule has 0 atom stereocenters. The molecule has 1 aliphatic heterocycles. The van der Waals surface area contributed by atoms with Crippen LogP contribution in [0.2, 0.25) is 0 Å². The van der Waals surface area contributed by atoms with Crippen LogP contribution in [0.4, 0.5) is 10.7 Å². The molecule has 118 valence electrons. The van der Waals surface area contributed by atoms with Crippen LogP contribution in [0.1, 0.15) is 37.4 Å². The summed E-state index contributed by atoms with van der Waals surface area (Å²) in [5.74, 6) is -0.0175. The number of carbonyl (C=O) groups excluding carboxylic acids is 1. The van der Waals surface area contributed by atoms with Crippen molar-refractivity contribution >= 4 is 27.9 Å². The van der Waals surface area contributed by atoms with E-state index >= 15 is 0 Å². The Morgan fingerprint density at radius 3 is 2.24 bits per heavy atom. The second kappa shape index (κ2) is 5.06. The monoisotopic (exact) mass is 313 g/mol. The summed E-state index contributed by atoms with van der Waals surface area (Å²) >= 11 is 1.27. The zero-order valence-corrected chi connectivity index (χ0v) is 14.0. The molecule has 2 rings (SSSR count). The molecule has 1 aromatic rings. The highest BCUT2D eigenvalue weighted by atomic mass is 32.1. The quantitative estimate of drug-likeness (QED) is 0.888. The van der Waals surface area contributed by atoms with Gasteiger partial charge in [-0.25, -0.2) is 0 Å². The van der Waals surface area contributed by atoms with E-state index < -0.39 is 5.91 Å². The molecule has 1 fully saturated rings. The van der Waals surface area contributed by atoms with E-state index in [2.05, 4.69) is 4.90 Å². The van der Waals surface area contributed by atoms with Crippen LogP contribution in [0.25, 0.3) is 0 Å². The number of ether oxygens (including phenoxy) is 2. The second-order valence-corrected chi connectivity index (χ2v) is 7.52. The highest BCUT2D eigenvalue weighted by Crippen LogP contribution is 2.46. The van der Waals surface area contributed by atoms with Crippen molar-refractivity contribution in [2.24, 2.45) is 5.73 Å². The number of primary amides is 1. The first kappa shape index (κ1) is 15.9. The lowest BCUT2D eigenvalue weighted by Crippen LogP contribution is -2.57. The van der Waals surface area contributed by atoms with Crippen molar-refractivity contribution in [3.8, 4) is 5.75 Å². The molecule has 1 aliphatic rings. The molecule has 0 unspecified atom stereocenters. The summed E-state index contributed by atoms with van der Waals surface area (Å²) < 4.78 is 11.5. The Morgan fingerprint density at radius 2 is 1.81 bits per heavy atom. The van der Waals surface area contributed by atoms with E-state index in [0.29, 0.717) is 29.4 Å². The Morgan fingerprint density at radius 1 is 1.29 bits per heavy atom. The van der Waals surface area contributed by atoms with Crippen LogP contribution in [-0.4, -0.2) is 37.3 Å². The van der Waals surface area contributed by atoms with E-state index in [1.165, 1.54) is 11.3 Å². The number of hydrogen-bond acceptors (Lipinski definition) is 6. The summed E-state index contributed by atoms with van der Waals surface area (Å²) in [7, 11) is 1.55. The molecule has 4 N–H and O–H groups in total. The molecule has 7 heteroatoms. The van der Waals surface area contributed by atoms with Gasteiger partial charge in [-0.3, -0.25) is 4.79 Å². The Labute approximate surface area is 129 Å². The molecular formula is C14H23N3O3S. The minimum Gasteiger partial charge on any atom is -0.492 e. The summed E-state index contributed by atoms with van der Waals surface area (Å²) in [6.45, 7) is 9.53. The number of methoxy groups -OCH3 is 1. The predicted octanol–water partition coefficient (Wildman–Crippen LogP) is 1.83. The number of carbonyl (C=O) groups is 1. The highest BCUT2D eigenvalue weighted by Gasteiger charge is 2.40. The number of thiophene rings is 1. The fraction of sp³-hybridized carbons (Fsp3) is 0.643. The molecule has 1 amide bonds. The molecule has 0 aliphatic carbocycles. The van der Waals surface area contributed by atoms with Gasteiger partial charge < -0.3 is 25.8 Å². The van der Waals surface area contributed by atoms with Gasteiger partial charge in [-0.2, -0.15) is 0 Å². The fourth-order valence-corrected chi connectivity index (χ4v) is 3.98. The second-order valence-electron chi connectivity index (χ2n) is 6.53. The topological polar surface area (TPSA) is 90.8 Å². The van der Waals surface area contributed by atoms with Crippen LogP contribution < -0.4 is 21.1 Å². The number of morpholine rings is 1. The SMILES string of the molecule is COc1c(N2CC(C)(C)OC(C)(C)C2)sc(C(N)=O)c1N. The smallest absolute Gasteiger partial charge is 0.261 e. The fourth-order valence-electron chi connectivity index (χ4n) is 2.94. The van der Waals surface area contributed by atoms with Crippen molar-refractivity contribution in [1.82, 2.24) is 0 Å². The van der Waals surface area contributed by atoms with E-state index in [-0.39, 0.29) is 11.2 Å². The first-order valence-corrected chi connectivity index (χ1v) is 7.59. The van der Waals surface area contributed by atoms with Gasteiger partial charge in [0.1, 0.15) is 15.6 Å². The standard InChI is InChI=1S/C14H23N3O3S/c1-13(2)6-17(7-14(3,4)20-13)12-9(19-5)8(15)10(21-12)11(16)18/h6-7,15H2,1-5H3,(H2,16,18). The van der Waals surface area contributed by atoms with Crippen LogP contribution in [0, 0.1) is 0 Å². The van der Waals surface area contributed by atoms with Gasteiger partial charge in [-0.1, -0.05) is 0 Å². The first-order chi connectivity index (χ1) is 9.56. The largest absolute Gasteiger partial charge is 0.492 e. The number of nitrogens with zero attached hydrogens (tertiary/aromatic N) is 1. The lowest BCUT2D eigenvalue weighted by atomic mass is 9.99. The summed E-state index contributed by atoms with van der Waals surface area (Å²) in [6, 6.07) is 0. The van der Waals surface area contributed by atoms with Crippen LogP contribution >= 0.6 is 11.3 Å². The van der Waals surface area contributed by atoms with Crippen LogP contribution in [0.5, 0.6) is 5.75 Å². The van der Waals surface area contributed by atoms with Crippen LogP contribution in [-0.2, 0) is 4.74 Å². The third-order valence-corrected chi connectivity index (χ3v) is 4.56. The maximum atomic E-state index is 11.5. The first-order valence-electron chi connectivity index (χ1n) is 6.77. The van der Waals surface area contributed by atoms with Crippen molar-refractivity contribution in [2.75, 3.05) is 30.8 Å². The van der Waals surface area contributed by atoms with E-state index in [9.17, 15) is 4.79 Å². The van der Waals surface area contributed by atoms with Gasteiger partial charge in [0.05, 0.1) is 18.3 Å². The molecule has 1 saturated heterocycles. The zero-order chi connectivity index (χ0) is 16.0. The third-order valence-electron chi connectivity index (χ3n) is 3.29. The molecular weight excluding hydrogens is 290 g/mol. The summed E-state index contributed by atoms with van der Waals surface area (Å²) in [6.07, 6.45) is 0. The summed E-state index contributed by atoms with van der Waals surface area (Å²) in [5, 5.41) is 0.827. The van der Waals surface area contributed by atoms with Crippen molar-refractivity contribution in [3.63, 3.8) is 0 Å². The Bertz CT molecular complexity index is 550. The van der Waals surface area contributed by atoms with E-state index in [1.54, 1.807) is 7.11 Å². The average molecular weight is 313 g/mol. The van der Waals surface area contributed by atoms with Gasteiger partial charge in [-0.15, -0.1) is 11.3 Å². The zero-order valence-electron chi connectivity index (χ0n) is 13.1. The lowest BCUT2D eigenvalue weighted by Gasteiger charge is -2.47. The van der Waals surface area contributed by atoms with Crippen molar-refractivity contribution < 1.29 is 14.3 Å². The molecule has 0 spiro atoms. The molecule has 21 heavy (non-hydrogen) atoms. The number of hydrogen-bond donors (Lipinski definition) is 2. The van der Waals surface area contributed by atoms with Gasteiger partial charge >= 0.3 is 0 Å². The van der Waals surface area contributed by atoms with Crippen molar-refractivity contribution in [2.45, 2.75) is 38.9 Å². The van der Waals surface area contributed by atoms with E-state index in [0.717, 1.165) is 5.00 Å². The highest BCUT2D eigenvalue weighted by molar-refractivity contribution is 7.19. The van der Waals surface area contributed by atoms with Crippen molar-refractivity contribution in [1.29, 1.82) is 0 Å². The third kappa shape index (κ3) is 3.08. The summed E-state index contributed by atoms with van der Waals surface area (Å²) in [5.41, 5.74) is 11.1. The Kier molecular flexibility index (Phi) is 3.84. The maximum Gasteiger partial charge on any atom is 0.261 e. The number of nitrogen functional groups attached to an aromatic ring is 1. The maximum absolute atomic E-state index is 11.5. The van der Waals surface area contributed by atoms with Crippen LogP contribution in [0.3, 0.4) is 0 Å². The number of anilines is 2. The van der Waals surface area contributed by atoms with Gasteiger partial charge in [0.25, 0.3) is 5.91 Å². The minimum absolute atomic E-state index is 0.307. The normalized spacial score (nSPS) is 20.3. The van der Waals surface area contributed by atoms with Gasteiger partial charge in [-0.05, 0) is 27.7 Å². The summed E-state index contributed by atoms with van der Waals surface area (Å²) in [4.78, 5) is 14.0. The van der Waals surface area contributed by atoms with Crippen LogP contribution in [0.15, 0.2) is 0 Å². The molecule has 1 aromatic heterocycles. The van der Waals surface area contributed by atoms with E-state index in [4.69, 9.17) is 20.9 Å². The van der Waals surface area contributed by atoms with Gasteiger partial charge in [0.15, 0.2) is 5.75 Å². The predicted molar refractivity (Wildman–Crippen MR) is 85.3 cm³/mol. The molecule has 0 saturated carbocycles. The molecule has 0 radical (unpaired) electrons. The van der Waals surface area contributed by atoms with Gasteiger partial charge in [0.2, 0.25) is 0 Å². The number of nitrogens with two attached hydrogens (primary N) is 2. The van der Waals surface area contributed by atoms with Gasteiger partial charge in [0, 0.05) is 13.1 Å². The molecule has 2 heterocycles. The minimum atomic E-state index is -0.533. The molecule has 6 nitrogen and oxygen atoms in total. The average Bonchev–Trinajstić information content (AvgIpc) is 2.62. The molecule has 0 aromatic carbocycles. The molecule has 0 bridgehead atoms. The van der Waals surface area contributed by atoms with Crippen molar-refractivity contribution in [3.05, 3.63) is 4.88 Å². The Balaban J connectivity index is 2.46. The number of rotatable bonds is 3. The Hall–Kier alpha value is -1.47. The number of amides is 1.